The van der Waals surface area contributed by atoms with Gasteiger partial charge in [-0.25, -0.2) is 0 Å². The van der Waals surface area contributed by atoms with E-state index in [0.29, 0.717) is 48.2 Å². The van der Waals surface area contributed by atoms with Crippen LogP contribution in [0, 0.1) is 21.4 Å². The number of amides is 1. The summed E-state index contributed by atoms with van der Waals surface area (Å²) in [6.07, 6.45) is 0. The number of nitrogens with zero attached hydrogens (tertiary/aromatic N) is 4. The number of ether oxygens (including phenoxy) is 1. The quantitative estimate of drug-likeness (QED) is 0.565. The lowest BCUT2D eigenvalue weighted by Crippen LogP contribution is -2.50. The highest BCUT2D eigenvalue weighted by Gasteiger charge is 2.26. The zero-order chi connectivity index (χ0) is 20.1. The van der Waals surface area contributed by atoms with Gasteiger partial charge in [0, 0.05) is 37.3 Å². The molecule has 9 heteroatoms. The SMILES string of the molecule is N#Cc1ccc(OCC(=O)N2CCN(c3ccc(Cl)cc3[N+](=O)[O-])CC2)cc1. The van der Waals surface area contributed by atoms with Crippen LogP contribution in [0.1, 0.15) is 5.56 Å². The lowest BCUT2D eigenvalue weighted by molar-refractivity contribution is -0.384. The minimum Gasteiger partial charge on any atom is -0.484 e. The first-order valence-electron chi connectivity index (χ1n) is 8.57. The summed E-state index contributed by atoms with van der Waals surface area (Å²) in [5, 5.41) is 20.4. The second kappa shape index (κ2) is 8.59. The van der Waals surface area contributed by atoms with Gasteiger partial charge in [-0.15, -0.1) is 0 Å². The van der Waals surface area contributed by atoms with Crippen molar-refractivity contribution in [2.45, 2.75) is 0 Å². The zero-order valence-electron chi connectivity index (χ0n) is 14.9. The molecule has 1 aliphatic rings. The van der Waals surface area contributed by atoms with Crippen molar-refractivity contribution in [1.82, 2.24) is 4.90 Å². The van der Waals surface area contributed by atoms with Crippen LogP contribution in [-0.2, 0) is 4.79 Å². The van der Waals surface area contributed by atoms with Crippen molar-refractivity contribution in [3.63, 3.8) is 0 Å². The van der Waals surface area contributed by atoms with Gasteiger partial charge in [0.05, 0.1) is 16.6 Å². The fourth-order valence-electron chi connectivity index (χ4n) is 2.97. The number of nitro benzene ring substituents is 1. The van der Waals surface area contributed by atoms with E-state index < -0.39 is 4.92 Å². The van der Waals surface area contributed by atoms with Crippen LogP contribution in [0.2, 0.25) is 5.02 Å². The summed E-state index contributed by atoms with van der Waals surface area (Å²) < 4.78 is 5.48. The number of hydrogen-bond acceptors (Lipinski definition) is 6. The van der Waals surface area contributed by atoms with Gasteiger partial charge in [-0.3, -0.25) is 14.9 Å². The molecule has 0 aromatic heterocycles. The highest BCUT2D eigenvalue weighted by Crippen LogP contribution is 2.31. The van der Waals surface area contributed by atoms with Crippen molar-refractivity contribution in [2.24, 2.45) is 0 Å². The third-order valence-corrected chi connectivity index (χ3v) is 4.69. The summed E-state index contributed by atoms with van der Waals surface area (Å²) in [7, 11) is 0. The predicted octanol–water partition coefficient (Wildman–Crippen LogP) is 2.85. The van der Waals surface area contributed by atoms with E-state index in [4.69, 9.17) is 21.6 Å². The van der Waals surface area contributed by atoms with E-state index in [1.165, 1.54) is 6.07 Å². The minimum absolute atomic E-state index is 0.0450. The number of anilines is 1. The molecule has 0 unspecified atom stereocenters. The van der Waals surface area contributed by atoms with Gasteiger partial charge < -0.3 is 14.5 Å². The summed E-state index contributed by atoms with van der Waals surface area (Å²) in [6.45, 7) is 1.73. The number of carbonyl (C=O) groups is 1. The van der Waals surface area contributed by atoms with E-state index in [-0.39, 0.29) is 18.2 Å². The molecule has 0 bridgehead atoms. The molecule has 1 fully saturated rings. The average molecular weight is 401 g/mol. The van der Waals surface area contributed by atoms with Crippen LogP contribution in [0.5, 0.6) is 5.75 Å². The standard InChI is InChI=1S/C19H17ClN4O4/c20-15-3-6-17(18(11-15)24(26)27)22-7-9-23(10-8-22)19(25)13-28-16-4-1-14(12-21)2-5-16/h1-6,11H,7-10,13H2. The molecule has 2 aromatic rings. The number of benzene rings is 2. The van der Waals surface area contributed by atoms with Crippen LogP contribution >= 0.6 is 11.6 Å². The number of nitriles is 1. The van der Waals surface area contributed by atoms with Gasteiger partial charge in [0.15, 0.2) is 6.61 Å². The Balaban J connectivity index is 1.55. The van der Waals surface area contributed by atoms with Crippen LogP contribution in [0.3, 0.4) is 0 Å². The van der Waals surface area contributed by atoms with E-state index in [1.807, 2.05) is 11.0 Å². The predicted molar refractivity (Wildman–Crippen MR) is 104 cm³/mol. The molecule has 144 valence electrons. The van der Waals surface area contributed by atoms with E-state index >= 15 is 0 Å². The molecule has 0 radical (unpaired) electrons. The fraction of sp³-hybridized carbons (Fsp3) is 0.263. The molecular weight excluding hydrogens is 384 g/mol. The molecular formula is C19H17ClN4O4. The van der Waals surface area contributed by atoms with Crippen molar-refractivity contribution in [2.75, 3.05) is 37.7 Å². The average Bonchev–Trinajstić information content (AvgIpc) is 2.72. The number of nitro groups is 1. The van der Waals surface area contributed by atoms with Gasteiger partial charge in [0.25, 0.3) is 11.6 Å². The van der Waals surface area contributed by atoms with Crippen LogP contribution in [0.25, 0.3) is 0 Å². The molecule has 28 heavy (non-hydrogen) atoms. The molecule has 3 rings (SSSR count). The molecule has 1 aliphatic heterocycles. The first kappa shape index (κ1) is 19.5. The minimum atomic E-state index is -0.454. The summed E-state index contributed by atoms with van der Waals surface area (Å²) in [5.74, 6) is 0.359. The van der Waals surface area contributed by atoms with Gasteiger partial charge in [0.1, 0.15) is 11.4 Å². The summed E-state index contributed by atoms with van der Waals surface area (Å²) in [5.41, 5.74) is 0.970. The van der Waals surface area contributed by atoms with Crippen LogP contribution in [0.15, 0.2) is 42.5 Å². The lowest BCUT2D eigenvalue weighted by atomic mass is 10.2. The molecule has 1 heterocycles. The smallest absolute Gasteiger partial charge is 0.294 e. The van der Waals surface area contributed by atoms with E-state index in [2.05, 4.69) is 0 Å². The number of piperazine rings is 1. The fourth-order valence-corrected chi connectivity index (χ4v) is 3.14. The first-order valence-corrected chi connectivity index (χ1v) is 8.95. The van der Waals surface area contributed by atoms with E-state index in [9.17, 15) is 14.9 Å². The number of carbonyl (C=O) groups excluding carboxylic acids is 1. The van der Waals surface area contributed by atoms with Crippen LogP contribution in [-0.4, -0.2) is 48.5 Å². The molecule has 2 aromatic carbocycles. The number of rotatable bonds is 5. The third kappa shape index (κ3) is 4.50. The maximum Gasteiger partial charge on any atom is 0.294 e. The molecule has 0 atom stereocenters. The monoisotopic (exact) mass is 400 g/mol. The third-order valence-electron chi connectivity index (χ3n) is 4.45. The Kier molecular flexibility index (Phi) is 5.96. The lowest BCUT2D eigenvalue weighted by Gasteiger charge is -2.35. The number of halogens is 1. The Morgan fingerprint density at radius 3 is 2.46 bits per heavy atom. The normalized spacial score (nSPS) is 13.7. The zero-order valence-corrected chi connectivity index (χ0v) is 15.6. The van der Waals surface area contributed by atoms with Gasteiger partial charge in [-0.1, -0.05) is 11.6 Å². The Morgan fingerprint density at radius 1 is 1.18 bits per heavy atom. The first-order chi connectivity index (χ1) is 13.5. The second-order valence-corrected chi connectivity index (χ2v) is 6.62. The Hall–Kier alpha value is -3.31. The van der Waals surface area contributed by atoms with Gasteiger partial charge >= 0.3 is 0 Å². The molecule has 0 N–H and O–H groups in total. The molecule has 0 aliphatic carbocycles. The topological polar surface area (TPSA) is 99.7 Å². The van der Waals surface area contributed by atoms with Crippen molar-refractivity contribution in [3.05, 3.63) is 63.2 Å². The van der Waals surface area contributed by atoms with Crippen molar-refractivity contribution in [3.8, 4) is 11.8 Å². The van der Waals surface area contributed by atoms with Gasteiger partial charge in [-0.05, 0) is 36.4 Å². The van der Waals surface area contributed by atoms with E-state index in [1.54, 1.807) is 41.3 Å². The van der Waals surface area contributed by atoms with Gasteiger partial charge in [0.2, 0.25) is 0 Å². The number of hydrogen-bond donors (Lipinski definition) is 0. The largest absolute Gasteiger partial charge is 0.484 e. The highest BCUT2D eigenvalue weighted by atomic mass is 35.5. The summed E-state index contributed by atoms with van der Waals surface area (Å²) >= 11 is 5.86. The molecule has 1 amide bonds. The molecule has 0 saturated carbocycles. The summed E-state index contributed by atoms with van der Waals surface area (Å²) in [4.78, 5) is 26.7. The van der Waals surface area contributed by atoms with E-state index in [0.717, 1.165) is 0 Å². The van der Waals surface area contributed by atoms with Crippen LogP contribution < -0.4 is 9.64 Å². The van der Waals surface area contributed by atoms with Crippen molar-refractivity contribution < 1.29 is 14.5 Å². The maximum atomic E-state index is 12.4. The molecule has 0 spiro atoms. The van der Waals surface area contributed by atoms with Crippen molar-refractivity contribution in [1.29, 1.82) is 5.26 Å². The Labute approximate surface area is 166 Å². The molecule has 1 saturated heterocycles. The second-order valence-electron chi connectivity index (χ2n) is 6.18. The highest BCUT2D eigenvalue weighted by molar-refractivity contribution is 6.30. The van der Waals surface area contributed by atoms with Crippen LogP contribution in [0.4, 0.5) is 11.4 Å². The summed E-state index contributed by atoms with van der Waals surface area (Å²) in [6, 6.07) is 13.1. The van der Waals surface area contributed by atoms with Gasteiger partial charge in [-0.2, -0.15) is 5.26 Å². The Morgan fingerprint density at radius 2 is 1.86 bits per heavy atom. The molecule has 8 nitrogen and oxygen atoms in total. The Bertz CT molecular complexity index is 919. The van der Waals surface area contributed by atoms with Crippen molar-refractivity contribution >= 4 is 28.9 Å². The maximum absolute atomic E-state index is 12.4.